The molecule has 0 bridgehead atoms. The standard InChI is InChI=1S/C44H37N3O2/c1-24(2)32-21-29(28-14-8-7-9-15-28)22-33(25(3)4)41(32)47-40-27(6)13-12-17-35(40)45-43(47)31-20-19-26(5)38-34-23-37-39(46-44(34)49-42(31)38)30-16-10-11-18-36(30)48-37/h7-25H,1-6H3/i5D3,6D3. The third-order valence-electron chi connectivity index (χ3n) is 9.60. The highest BCUT2D eigenvalue weighted by molar-refractivity contribution is 6.14. The Morgan fingerprint density at radius 2 is 1.41 bits per heavy atom. The highest BCUT2D eigenvalue weighted by Gasteiger charge is 2.27. The second-order valence-corrected chi connectivity index (χ2v) is 13.4. The summed E-state index contributed by atoms with van der Waals surface area (Å²) in [6.07, 6.45) is 0. The van der Waals surface area contributed by atoms with Crippen molar-refractivity contribution in [3.05, 3.63) is 125 Å². The molecule has 5 heteroatoms. The average molecular weight is 646 g/mol. The van der Waals surface area contributed by atoms with E-state index in [4.69, 9.17) is 27.0 Å². The largest absolute Gasteiger partial charge is 0.454 e. The number of pyridine rings is 1. The van der Waals surface area contributed by atoms with Gasteiger partial charge >= 0.3 is 0 Å². The molecule has 0 saturated heterocycles. The van der Waals surface area contributed by atoms with Crippen LogP contribution in [0.2, 0.25) is 0 Å². The summed E-state index contributed by atoms with van der Waals surface area (Å²) in [6, 6.07) is 32.5. The number of benzene rings is 5. The molecule has 4 heterocycles. The van der Waals surface area contributed by atoms with E-state index in [2.05, 4.69) is 52.0 Å². The molecule has 0 fully saturated rings. The highest BCUT2D eigenvalue weighted by atomic mass is 16.3. The highest BCUT2D eigenvalue weighted by Crippen LogP contribution is 2.44. The van der Waals surface area contributed by atoms with E-state index in [-0.39, 0.29) is 34.3 Å². The average Bonchev–Trinajstić information content (AvgIpc) is 3.83. The van der Waals surface area contributed by atoms with Crippen LogP contribution in [0.3, 0.4) is 0 Å². The molecule has 49 heavy (non-hydrogen) atoms. The molecule has 0 unspecified atom stereocenters. The fourth-order valence-corrected chi connectivity index (χ4v) is 7.24. The first-order valence-electron chi connectivity index (χ1n) is 19.6. The lowest BCUT2D eigenvalue weighted by atomic mass is 9.88. The van der Waals surface area contributed by atoms with Gasteiger partial charge in [0.2, 0.25) is 5.71 Å². The molecule has 5 nitrogen and oxygen atoms in total. The van der Waals surface area contributed by atoms with E-state index in [1.807, 2.05) is 53.1 Å². The predicted molar refractivity (Wildman–Crippen MR) is 202 cm³/mol. The molecule has 9 rings (SSSR count). The van der Waals surface area contributed by atoms with Crippen LogP contribution in [0.1, 0.15) is 70.0 Å². The smallest absolute Gasteiger partial charge is 0.228 e. The summed E-state index contributed by atoms with van der Waals surface area (Å²) < 4.78 is 66.5. The molecular formula is C44H37N3O2. The van der Waals surface area contributed by atoms with Crippen LogP contribution >= 0.6 is 0 Å². The fraction of sp³-hybridized carbons (Fsp3) is 0.182. The number of rotatable bonds is 5. The zero-order chi connectivity index (χ0) is 38.6. The van der Waals surface area contributed by atoms with Crippen LogP contribution in [-0.2, 0) is 0 Å². The van der Waals surface area contributed by atoms with Crippen molar-refractivity contribution in [2.75, 3.05) is 0 Å². The number of imidazole rings is 1. The number of para-hydroxylation sites is 2. The molecule has 0 aliphatic rings. The molecule has 0 radical (unpaired) electrons. The molecule has 0 N–H and O–H groups in total. The predicted octanol–water partition coefficient (Wildman–Crippen LogP) is 12.4. The Balaban J connectivity index is 1.44. The molecule has 4 aromatic heterocycles. The number of furan rings is 2. The molecule has 0 aliphatic carbocycles. The van der Waals surface area contributed by atoms with E-state index in [1.165, 1.54) is 0 Å². The first kappa shape index (κ1) is 23.6. The van der Waals surface area contributed by atoms with Gasteiger partial charge in [0.15, 0.2) is 5.58 Å². The lowest BCUT2D eigenvalue weighted by Crippen LogP contribution is -2.10. The topological polar surface area (TPSA) is 57.0 Å². The van der Waals surface area contributed by atoms with Gasteiger partial charge in [0.25, 0.3) is 0 Å². The zero-order valence-corrected chi connectivity index (χ0v) is 27.6. The Kier molecular flexibility index (Phi) is 5.27. The van der Waals surface area contributed by atoms with Gasteiger partial charge in [-0.2, -0.15) is 0 Å². The maximum Gasteiger partial charge on any atom is 0.228 e. The van der Waals surface area contributed by atoms with E-state index in [1.54, 1.807) is 30.3 Å². The molecule has 9 aromatic rings. The molecule has 0 saturated carbocycles. The van der Waals surface area contributed by atoms with Crippen molar-refractivity contribution >= 4 is 55.2 Å². The summed E-state index contributed by atoms with van der Waals surface area (Å²) in [7, 11) is 0. The van der Waals surface area contributed by atoms with Gasteiger partial charge in [0, 0.05) is 19.0 Å². The van der Waals surface area contributed by atoms with Crippen molar-refractivity contribution in [3.63, 3.8) is 0 Å². The molecule has 0 amide bonds. The van der Waals surface area contributed by atoms with Crippen molar-refractivity contribution < 1.29 is 17.1 Å². The third-order valence-corrected chi connectivity index (χ3v) is 9.60. The summed E-state index contributed by atoms with van der Waals surface area (Å²) in [5.74, 6) is 0.484. The van der Waals surface area contributed by atoms with E-state index in [0.717, 1.165) is 33.3 Å². The number of aryl methyl sites for hydroxylation is 2. The minimum Gasteiger partial charge on any atom is -0.454 e. The van der Waals surface area contributed by atoms with Crippen molar-refractivity contribution in [2.45, 2.75) is 53.2 Å². The number of hydrogen-bond acceptors (Lipinski definition) is 4. The Hall–Kier alpha value is -5.68. The summed E-state index contributed by atoms with van der Waals surface area (Å²) in [5, 5.41) is 1.69. The van der Waals surface area contributed by atoms with E-state index >= 15 is 0 Å². The van der Waals surface area contributed by atoms with E-state index < -0.39 is 13.7 Å². The minimum absolute atomic E-state index is 0.0278. The van der Waals surface area contributed by atoms with Crippen LogP contribution in [0, 0.1) is 13.7 Å². The lowest BCUT2D eigenvalue weighted by molar-refractivity contribution is 0.652. The SMILES string of the molecule is [2H]C([2H])([2H])c1ccc(-c2nc3cccc(C([2H])([2H])[2H])c3n2-c2c(C(C)C)cc(-c3ccccc3)cc2C(C)C)c2oc3nc4c(cc3c12)oc1ccccc14. The molecule has 0 aliphatic heterocycles. The van der Waals surface area contributed by atoms with Crippen LogP contribution < -0.4 is 0 Å². The quantitative estimate of drug-likeness (QED) is 0.187. The Morgan fingerprint density at radius 1 is 0.653 bits per heavy atom. The summed E-state index contributed by atoms with van der Waals surface area (Å²) >= 11 is 0. The van der Waals surface area contributed by atoms with Crippen molar-refractivity contribution in [1.82, 2.24) is 14.5 Å². The fourth-order valence-electron chi connectivity index (χ4n) is 7.24. The van der Waals surface area contributed by atoms with Gasteiger partial charge in [-0.05, 0) is 101 Å². The van der Waals surface area contributed by atoms with Gasteiger partial charge in [-0.15, -0.1) is 0 Å². The van der Waals surface area contributed by atoms with Crippen LogP contribution in [0.25, 0.3) is 83.4 Å². The maximum atomic E-state index is 8.66. The van der Waals surface area contributed by atoms with Crippen molar-refractivity contribution in [1.29, 1.82) is 0 Å². The maximum absolute atomic E-state index is 8.66. The van der Waals surface area contributed by atoms with Gasteiger partial charge in [0.1, 0.15) is 22.5 Å². The first-order valence-corrected chi connectivity index (χ1v) is 16.6. The Bertz CT molecular complexity index is 2940. The Labute approximate surface area is 293 Å². The van der Waals surface area contributed by atoms with Crippen LogP contribution in [0.5, 0.6) is 0 Å². The molecule has 0 spiro atoms. The third kappa shape index (κ3) is 4.45. The summed E-state index contributed by atoms with van der Waals surface area (Å²) in [6.45, 7) is 3.58. The van der Waals surface area contributed by atoms with Crippen molar-refractivity contribution in [3.8, 4) is 28.2 Å². The second kappa shape index (κ2) is 10.9. The monoisotopic (exact) mass is 645 g/mol. The summed E-state index contributed by atoms with van der Waals surface area (Å²) in [5.41, 5.74) is 9.05. The number of hydrogen-bond donors (Lipinski definition) is 0. The minimum atomic E-state index is -2.49. The zero-order valence-electron chi connectivity index (χ0n) is 33.6. The normalized spacial score (nSPS) is 14.6. The molecule has 5 aromatic carbocycles. The second-order valence-electron chi connectivity index (χ2n) is 13.4. The number of nitrogens with zero attached hydrogens (tertiary/aromatic N) is 3. The van der Waals surface area contributed by atoms with Gasteiger partial charge in [-0.25, -0.2) is 9.97 Å². The van der Waals surface area contributed by atoms with E-state index in [0.29, 0.717) is 49.9 Å². The number of aromatic nitrogens is 3. The summed E-state index contributed by atoms with van der Waals surface area (Å²) in [4.78, 5) is 10.1. The first-order chi connectivity index (χ1) is 26.2. The van der Waals surface area contributed by atoms with Gasteiger partial charge in [-0.3, -0.25) is 4.57 Å². The van der Waals surface area contributed by atoms with E-state index in [9.17, 15) is 0 Å². The van der Waals surface area contributed by atoms with Crippen LogP contribution in [0.15, 0.2) is 112 Å². The molecule has 0 atom stereocenters. The molecular weight excluding hydrogens is 603 g/mol. The molecule has 240 valence electrons. The van der Waals surface area contributed by atoms with Crippen LogP contribution in [0.4, 0.5) is 0 Å². The van der Waals surface area contributed by atoms with Crippen LogP contribution in [-0.4, -0.2) is 14.5 Å². The lowest BCUT2D eigenvalue weighted by Gasteiger charge is -2.25. The van der Waals surface area contributed by atoms with Gasteiger partial charge < -0.3 is 8.83 Å². The number of fused-ring (bicyclic) bond motifs is 7. The van der Waals surface area contributed by atoms with Crippen molar-refractivity contribution in [2.24, 2.45) is 0 Å². The Morgan fingerprint density at radius 3 is 2.16 bits per heavy atom. The van der Waals surface area contributed by atoms with Gasteiger partial charge in [-0.1, -0.05) is 88.4 Å². The van der Waals surface area contributed by atoms with Gasteiger partial charge in [0.05, 0.1) is 27.7 Å².